The Morgan fingerprint density at radius 3 is 2.11 bits per heavy atom. The van der Waals surface area contributed by atoms with Crippen LogP contribution in [0, 0.1) is 5.41 Å². The molecule has 0 amide bonds. The van der Waals surface area contributed by atoms with Gasteiger partial charge in [0.2, 0.25) is 10.0 Å². The first-order chi connectivity index (χ1) is 8.09. The van der Waals surface area contributed by atoms with Gasteiger partial charge in [0.1, 0.15) is 0 Å². The summed E-state index contributed by atoms with van der Waals surface area (Å²) in [5.41, 5.74) is 0.989. The van der Waals surface area contributed by atoms with Crippen molar-refractivity contribution < 1.29 is 13.5 Å². The van der Waals surface area contributed by atoms with Gasteiger partial charge in [-0.25, -0.2) is 8.42 Å². The molecule has 0 saturated heterocycles. The van der Waals surface area contributed by atoms with Crippen LogP contribution in [0.5, 0.6) is 0 Å². The van der Waals surface area contributed by atoms with Gasteiger partial charge < -0.3 is 5.11 Å². The highest BCUT2D eigenvalue weighted by atomic mass is 32.2. The summed E-state index contributed by atoms with van der Waals surface area (Å²) in [6.07, 6.45) is -0.551. The fourth-order valence-corrected chi connectivity index (χ4v) is 3.32. The zero-order valence-corrected chi connectivity index (χ0v) is 12.1. The van der Waals surface area contributed by atoms with Crippen LogP contribution < -0.4 is 4.72 Å². The number of hydrogen-bond acceptors (Lipinski definition) is 3. The number of benzene rings is 1. The molecule has 2 N–H and O–H groups in total. The van der Waals surface area contributed by atoms with Crippen molar-refractivity contribution in [3.63, 3.8) is 0 Å². The molecular weight excluding hydrogens is 250 g/mol. The molecule has 102 valence electrons. The first-order valence-electron chi connectivity index (χ1n) is 5.88. The second-order valence-electron chi connectivity index (χ2n) is 5.72. The summed E-state index contributed by atoms with van der Waals surface area (Å²) in [6, 6.07) is 6.73. The molecule has 0 aliphatic rings. The lowest BCUT2D eigenvalue weighted by Crippen LogP contribution is -2.26. The van der Waals surface area contributed by atoms with E-state index >= 15 is 0 Å². The van der Waals surface area contributed by atoms with Gasteiger partial charge in [-0.1, -0.05) is 32.9 Å². The molecule has 1 atom stereocenters. The van der Waals surface area contributed by atoms with Gasteiger partial charge in [0.25, 0.3) is 0 Å². The molecule has 5 heteroatoms. The predicted molar refractivity (Wildman–Crippen MR) is 73.9 cm³/mol. The van der Waals surface area contributed by atoms with E-state index in [0.717, 1.165) is 5.56 Å². The lowest BCUT2D eigenvalue weighted by Gasteiger charge is -2.19. The van der Waals surface area contributed by atoms with Crippen molar-refractivity contribution in [2.24, 2.45) is 5.41 Å². The number of hydrogen-bond donors (Lipinski definition) is 2. The average molecular weight is 271 g/mol. The summed E-state index contributed by atoms with van der Waals surface area (Å²) in [7, 11) is -3.34. The second kappa shape index (κ2) is 5.28. The number of anilines is 1. The summed E-state index contributed by atoms with van der Waals surface area (Å²) < 4.78 is 26.3. The Morgan fingerprint density at radius 1 is 1.22 bits per heavy atom. The lowest BCUT2D eigenvalue weighted by molar-refractivity contribution is 0.199. The zero-order valence-electron chi connectivity index (χ0n) is 11.3. The smallest absolute Gasteiger partial charge is 0.233 e. The maximum Gasteiger partial charge on any atom is 0.233 e. The number of sulfonamides is 1. The molecular formula is C13H21NO3S. The quantitative estimate of drug-likeness (QED) is 0.884. The fourth-order valence-electron chi connectivity index (χ4n) is 1.62. The molecule has 0 saturated carbocycles. The topological polar surface area (TPSA) is 66.4 Å². The third kappa shape index (κ3) is 5.06. The van der Waals surface area contributed by atoms with Gasteiger partial charge in [-0.2, -0.15) is 0 Å². The predicted octanol–water partition coefficient (Wildman–Crippen LogP) is 2.53. The van der Waals surface area contributed by atoms with Crippen molar-refractivity contribution in [3.05, 3.63) is 29.8 Å². The van der Waals surface area contributed by atoms with Gasteiger partial charge in [0.05, 0.1) is 11.9 Å². The minimum absolute atomic E-state index is 0.0676. The molecule has 1 aromatic rings. The van der Waals surface area contributed by atoms with E-state index in [9.17, 15) is 13.5 Å². The molecule has 1 aromatic carbocycles. The molecule has 0 radical (unpaired) electrons. The molecule has 18 heavy (non-hydrogen) atoms. The molecule has 0 bridgehead atoms. The van der Waals surface area contributed by atoms with E-state index in [-0.39, 0.29) is 11.2 Å². The Balaban J connectivity index is 2.79. The third-order valence-corrected chi connectivity index (χ3v) is 4.08. The Labute approximate surface area is 109 Å². The van der Waals surface area contributed by atoms with Gasteiger partial charge in [-0.15, -0.1) is 0 Å². The van der Waals surface area contributed by atoms with Crippen LogP contribution in [0.15, 0.2) is 24.3 Å². The summed E-state index contributed by atoms with van der Waals surface area (Å²) >= 11 is 0. The van der Waals surface area contributed by atoms with E-state index in [0.29, 0.717) is 5.69 Å². The van der Waals surface area contributed by atoms with Gasteiger partial charge >= 0.3 is 0 Å². The first-order valence-corrected chi connectivity index (χ1v) is 7.53. The molecule has 0 aliphatic carbocycles. The van der Waals surface area contributed by atoms with Crippen molar-refractivity contribution >= 4 is 15.7 Å². The van der Waals surface area contributed by atoms with Crippen LogP contribution in [0.25, 0.3) is 0 Å². The monoisotopic (exact) mass is 271 g/mol. The van der Waals surface area contributed by atoms with Crippen LogP contribution in [0.3, 0.4) is 0 Å². The molecule has 0 aromatic heterocycles. The highest BCUT2D eigenvalue weighted by molar-refractivity contribution is 7.92. The maximum absolute atomic E-state index is 11.9. The van der Waals surface area contributed by atoms with Crippen LogP contribution in [0.4, 0.5) is 5.69 Å². The first kappa shape index (κ1) is 15.0. The van der Waals surface area contributed by atoms with Crippen LogP contribution >= 0.6 is 0 Å². The van der Waals surface area contributed by atoms with Crippen molar-refractivity contribution in [2.45, 2.75) is 33.8 Å². The minimum Gasteiger partial charge on any atom is -0.389 e. The maximum atomic E-state index is 11.9. The normalized spacial score (nSPS) is 14.3. The van der Waals surface area contributed by atoms with E-state index in [1.165, 1.54) is 0 Å². The second-order valence-corrected chi connectivity index (χ2v) is 7.44. The summed E-state index contributed by atoms with van der Waals surface area (Å²) in [5.74, 6) is 0.0676. The van der Waals surface area contributed by atoms with Crippen LogP contribution in [-0.2, 0) is 10.0 Å². The SMILES string of the molecule is CC(O)c1ccc(NS(=O)(=O)CC(C)(C)C)cc1. The van der Waals surface area contributed by atoms with E-state index in [1.807, 2.05) is 20.8 Å². The van der Waals surface area contributed by atoms with Gasteiger partial charge in [0.15, 0.2) is 0 Å². The Kier molecular flexibility index (Phi) is 4.40. The Hall–Kier alpha value is -1.07. The van der Waals surface area contributed by atoms with Gasteiger partial charge in [0, 0.05) is 5.69 Å². The van der Waals surface area contributed by atoms with Crippen molar-refractivity contribution in [1.29, 1.82) is 0 Å². The number of aliphatic hydroxyl groups excluding tert-OH is 1. The van der Waals surface area contributed by atoms with Crippen LogP contribution in [0.2, 0.25) is 0 Å². The molecule has 1 unspecified atom stereocenters. The fraction of sp³-hybridized carbons (Fsp3) is 0.538. The molecule has 0 fully saturated rings. The van der Waals surface area contributed by atoms with E-state index in [1.54, 1.807) is 31.2 Å². The lowest BCUT2D eigenvalue weighted by atomic mass is 10.0. The summed E-state index contributed by atoms with van der Waals surface area (Å²) in [4.78, 5) is 0. The zero-order chi connectivity index (χ0) is 14.0. The highest BCUT2D eigenvalue weighted by Crippen LogP contribution is 2.20. The van der Waals surface area contributed by atoms with E-state index in [4.69, 9.17) is 0 Å². The van der Waals surface area contributed by atoms with E-state index < -0.39 is 16.1 Å². The molecule has 0 heterocycles. The third-order valence-electron chi connectivity index (χ3n) is 2.29. The molecule has 0 spiro atoms. The van der Waals surface area contributed by atoms with E-state index in [2.05, 4.69) is 4.72 Å². The van der Waals surface area contributed by atoms with Crippen LogP contribution in [-0.4, -0.2) is 19.3 Å². The van der Waals surface area contributed by atoms with Crippen molar-refractivity contribution in [3.8, 4) is 0 Å². The minimum atomic E-state index is -3.34. The van der Waals surface area contributed by atoms with Gasteiger partial charge in [-0.3, -0.25) is 4.72 Å². The van der Waals surface area contributed by atoms with Crippen molar-refractivity contribution in [1.82, 2.24) is 0 Å². The summed E-state index contributed by atoms with van der Waals surface area (Å²) in [6.45, 7) is 7.30. The summed E-state index contributed by atoms with van der Waals surface area (Å²) in [5, 5.41) is 9.36. The van der Waals surface area contributed by atoms with Gasteiger partial charge in [-0.05, 0) is 30.0 Å². The Morgan fingerprint density at radius 2 is 1.72 bits per heavy atom. The molecule has 0 aliphatic heterocycles. The average Bonchev–Trinajstić information content (AvgIpc) is 2.13. The molecule has 4 nitrogen and oxygen atoms in total. The van der Waals surface area contributed by atoms with Crippen molar-refractivity contribution in [2.75, 3.05) is 10.5 Å². The number of aliphatic hydroxyl groups is 1. The highest BCUT2D eigenvalue weighted by Gasteiger charge is 2.21. The largest absolute Gasteiger partial charge is 0.389 e. The Bertz CT molecular complexity index is 484. The standard InChI is InChI=1S/C13H21NO3S/c1-10(15)11-5-7-12(8-6-11)14-18(16,17)9-13(2,3)4/h5-8,10,14-15H,9H2,1-4H3. The number of rotatable bonds is 4. The number of nitrogens with one attached hydrogen (secondary N) is 1. The molecule has 1 rings (SSSR count). The van der Waals surface area contributed by atoms with Crippen LogP contribution in [0.1, 0.15) is 39.4 Å².